The van der Waals surface area contributed by atoms with E-state index in [1.807, 2.05) is 45.0 Å². The summed E-state index contributed by atoms with van der Waals surface area (Å²) < 4.78 is 6.47. The van der Waals surface area contributed by atoms with Crippen molar-refractivity contribution in [3.05, 3.63) is 35.3 Å². The van der Waals surface area contributed by atoms with Crippen LogP contribution in [0.4, 0.5) is 4.79 Å². The molecule has 0 unspecified atom stereocenters. The van der Waals surface area contributed by atoms with E-state index >= 15 is 0 Å². The first-order valence-electron chi connectivity index (χ1n) is 8.62. The van der Waals surface area contributed by atoms with Gasteiger partial charge in [-0.2, -0.15) is 0 Å². The topological polar surface area (TPSA) is 62.7 Å². The minimum atomic E-state index is -0.510. The second-order valence-corrected chi connectivity index (χ2v) is 8.21. The van der Waals surface area contributed by atoms with Gasteiger partial charge in [0.2, 0.25) is 5.91 Å². The first-order chi connectivity index (χ1) is 12.3. The fourth-order valence-corrected chi connectivity index (χ4v) is 3.52. The lowest BCUT2D eigenvalue weighted by atomic mass is 10.2. The van der Waals surface area contributed by atoms with Crippen molar-refractivity contribution in [2.75, 3.05) is 26.2 Å². The summed E-state index contributed by atoms with van der Waals surface area (Å²) in [5, 5.41) is 0.812. The van der Waals surface area contributed by atoms with Crippen LogP contribution in [0.2, 0.25) is 0 Å². The first-order valence-corrected chi connectivity index (χ1v) is 9.44. The van der Waals surface area contributed by atoms with E-state index in [9.17, 15) is 9.59 Å². The van der Waals surface area contributed by atoms with Gasteiger partial charge in [0.05, 0.1) is 10.2 Å². The monoisotopic (exact) mass is 373 g/mol. The van der Waals surface area contributed by atoms with E-state index in [0.29, 0.717) is 26.2 Å². The summed E-state index contributed by atoms with van der Waals surface area (Å²) >= 11 is 1.56. The molecule has 1 aliphatic heterocycles. The van der Waals surface area contributed by atoms with Crippen molar-refractivity contribution in [2.45, 2.75) is 26.4 Å². The van der Waals surface area contributed by atoms with Crippen LogP contribution in [-0.2, 0) is 9.53 Å². The number of rotatable bonds is 2. The van der Waals surface area contributed by atoms with E-state index in [1.54, 1.807) is 33.3 Å². The normalized spacial score (nSPS) is 15.7. The average molecular weight is 373 g/mol. The van der Waals surface area contributed by atoms with E-state index in [1.165, 1.54) is 0 Å². The van der Waals surface area contributed by atoms with E-state index in [0.717, 1.165) is 15.2 Å². The average Bonchev–Trinajstić information content (AvgIpc) is 3.01. The van der Waals surface area contributed by atoms with Crippen molar-refractivity contribution in [2.24, 2.45) is 0 Å². The van der Waals surface area contributed by atoms with Crippen LogP contribution in [0, 0.1) is 0 Å². The van der Waals surface area contributed by atoms with Gasteiger partial charge in [-0.15, -0.1) is 11.3 Å². The third-order valence-electron chi connectivity index (χ3n) is 3.92. The molecule has 26 heavy (non-hydrogen) atoms. The number of amides is 2. The van der Waals surface area contributed by atoms with Crippen molar-refractivity contribution in [3.8, 4) is 0 Å². The Balaban J connectivity index is 1.54. The van der Waals surface area contributed by atoms with Gasteiger partial charge in [-0.25, -0.2) is 9.78 Å². The fraction of sp³-hybridized carbons (Fsp3) is 0.421. The van der Waals surface area contributed by atoms with Crippen molar-refractivity contribution in [1.82, 2.24) is 14.8 Å². The molecule has 0 aliphatic carbocycles. The molecule has 0 saturated carbocycles. The van der Waals surface area contributed by atoms with Crippen molar-refractivity contribution < 1.29 is 14.3 Å². The zero-order chi connectivity index (χ0) is 18.7. The van der Waals surface area contributed by atoms with Crippen molar-refractivity contribution in [3.63, 3.8) is 0 Å². The number of para-hydroxylation sites is 1. The summed E-state index contributed by atoms with van der Waals surface area (Å²) in [6, 6.07) is 7.90. The summed E-state index contributed by atoms with van der Waals surface area (Å²) in [5.41, 5.74) is 0.430. The van der Waals surface area contributed by atoms with Crippen LogP contribution in [-0.4, -0.2) is 58.6 Å². The highest BCUT2D eigenvalue weighted by Gasteiger charge is 2.26. The molecule has 2 heterocycles. The van der Waals surface area contributed by atoms with Gasteiger partial charge in [0.25, 0.3) is 0 Å². The number of aromatic nitrogens is 1. The highest BCUT2D eigenvalue weighted by molar-refractivity contribution is 7.19. The summed E-state index contributed by atoms with van der Waals surface area (Å²) in [7, 11) is 0. The van der Waals surface area contributed by atoms with Gasteiger partial charge >= 0.3 is 6.09 Å². The second-order valence-electron chi connectivity index (χ2n) is 7.15. The largest absolute Gasteiger partial charge is 0.444 e. The molecular formula is C19H23N3O3S. The summed E-state index contributed by atoms with van der Waals surface area (Å²) in [4.78, 5) is 32.3. The highest BCUT2D eigenvalue weighted by atomic mass is 32.1. The van der Waals surface area contributed by atoms with Crippen LogP contribution in [0.25, 0.3) is 16.3 Å². The molecule has 2 aromatic rings. The predicted octanol–water partition coefficient (Wildman–Crippen LogP) is 3.39. The van der Waals surface area contributed by atoms with E-state index in [-0.39, 0.29) is 12.0 Å². The molecule has 2 amide bonds. The molecule has 0 radical (unpaired) electrons. The zero-order valence-electron chi connectivity index (χ0n) is 15.3. The molecule has 1 saturated heterocycles. The number of benzene rings is 1. The smallest absolute Gasteiger partial charge is 0.410 e. The number of carbonyl (C=O) groups excluding carboxylic acids is 2. The number of hydrogen-bond acceptors (Lipinski definition) is 5. The van der Waals surface area contributed by atoms with Crippen LogP contribution >= 0.6 is 11.3 Å². The molecule has 7 heteroatoms. The third kappa shape index (κ3) is 4.60. The second kappa shape index (κ2) is 7.45. The lowest BCUT2D eigenvalue weighted by Gasteiger charge is -2.35. The predicted molar refractivity (Wildman–Crippen MR) is 103 cm³/mol. The number of fused-ring (bicyclic) bond motifs is 1. The van der Waals surface area contributed by atoms with Gasteiger partial charge in [0.15, 0.2) is 0 Å². The minimum Gasteiger partial charge on any atom is -0.444 e. The Kier molecular flexibility index (Phi) is 5.27. The Morgan fingerprint density at radius 3 is 2.42 bits per heavy atom. The van der Waals surface area contributed by atoms with E-state index < -0.39 is 5.60 Å². The molecule has 1 aromatic carbocycles. The summed E-state index contributed by atoms with van der Waals surface area (Å²) in [6.07, 6.45) is 2.99. The molecule has 0 spiro atoms. The molecule has 0 N–H and O–H groups in total. The molecule has 0 atom stereocenters. The van der Waals surface area contributed by atoms with Crippen molar-refractivity contribution in [1.29, 1.82) is 0 Å². The maximum Gasteiger partial charge on any atom is 0.410 e. The highest BCUT2D eigenvalue weighted by Crippen LogP contribution is 2.22. The number of piperazine rings is 1. The Morgan fingerprint density at radius 1 is 1.12 bits per heavy atom. The van der Waals surface area contributed by atoms with Crippen LogP contribution in [0.5, 0.6) is 0 Å². The van der Waals surface area contributed by atoms with Crippen LogP contribution in [0.15, 0.2) is 30.3 Å². The molecule has 1 fully saturated rings. The molecule has 138 valence electrons. The third-order valence-corrected chi connectivity index (χ3v) is 4.92. The first kappa shape index (κ1) is 18.4. The standard InChI is InChI=1S/C19H23N3O3S/c1-19(2,3)25-18(24)22-12-10-21(11-13-22)17(23)9-8-16-20-14-6-4-5-7-15(14)26-16/h4-9H,10-13H2,1-3H3/b9-8+. The van der Waals surface area contributed by atoms with Gasteiger partial charge in [0, 0.05) is 32.3 Å². The lowest BCUT2D eigenvalue weighted by molar-refractivity contribution is -0.127. The minimum absolute atomic E-state index is 0.0619. The molecular weight excluding hydrogens is 350 g/mol. The van der Waals surface area contributed by atoms with Gasteiger partial charge in [-0.05, 0) is 39.0 Å². The number of nitrogens with zero attached hydrogens (tertiary/aromatic N) is 3. The Morgan fingerprint density at radius 2 is 1.77 bits per heavy atom. The number of thiazole rings is 1. The number of hydrogen-bond donors (Lipinski definition) is 0. The molecule has 3 rings (SSSR count). The van der Waals surface area contributed by atoms with Crippen LogP contribution < -0.4 is 0 Å². The fourth-order valence-electron chi connectivity index (χ4n) is 2.65. The van der Waals surface area contributed by atoms with Crippen molar-refractivity contribution >= 4 is 39.6 Å². The van der Waals surface area contributed by atoms with E-state index in [4.69, 9.17) is 4.74 Å². The van der Waals surface area contributed by atoms with Gasteiger partial charge in [0.1, 0.15) is 10.6 Å². The van der Waals surface area contributed by atoms with Gasteiger partial charge in [-0.3, -0.25) is 4.79 Å². The molecule has 0 bridgehead atoms. The zero-order valence-corrected chi connectivity index (χ0v) is 16.1. The van der Waals surface area contributed by atoms with Gasteiger partial charge in [-0.1, -0.05) is 12.1 Å². The Labute approximate surface area is 157 Å². The lowest BCUT2D eigenvalue weighted by Crippen LogP contribution is -2.51. The Bertz CT molecular complexity index is 797. The van der Waals surface area contributed by atoms with Crippen LogP contribution in [0.1, 0.15) is 25.8 Å². The molecule has 1 aliphatic rings. The quantitative estimate of drug-likeness (QED) is 0.757. The summed E-state index contributed by atoms with van der Waals surface area (Å²) in [6.45, 7) is 7.50. The van der Waals surface area contributed by atoms with Crippen LogP contribution in [0.3, 0.4) is 0 Å². The maximum absolute atomic E-state index is 12.4. The van der Waals surface area contributed by atoms with E-state index in [2.05, 4.69) is 4.98 Å². The summed E-state index contributed by atoms with van der Waals surface area (Å²) in [5.74, 6) is -0.0619. The number of carbonyl (C=O) groups is 2. The maximum atomic E-state index is 12.4. The Hall–Kier alpha value is -2.41. The SMILES string of the molecule is CC(C)(C)OC(=O)N1CCN(C(=O)/C=C/c2nc3ccccc3s2)CC1. The van der Waals surface area contributed by atoms with Gasteiger partial charge < -0.3 is 14.5 Å². The number of ether oxygens (including phenoxy) is 1. The molecule has 6 nitrogen and oxygen atoms in total. The molecule has 1 aromatic heterocycles.